The van der Waals surface area contributed by atoms with E-state index in [9.17, 15) is 18.0 Å². The summed E-state index contributed by atoms with van der Waals surface area (Å²) in [5.74, 6) is -0.0141. The summed E-state index contributed by atoms with van der Waals surface area (Å²) >= 11 is 0. The van der Waals surface area contributed by atoms with Gasteiger partial charge in [0, 0.05) is 5.69 Å². The van der Waals surface area contributed by atoms with E-state index in [1.807, 2.05) is 0 Å². The number of anilines is 1. The first-order valence-corrected chi connectivity index (χ1v) is 6.78. The highest BCUT2D eigenvalue weighted by Crippen LogP contribution is 2.20. The molecule has 124 valence electrons. The van der Waals surface area contributed by atoms with Gasteiger partial charge in [-0.25, -0.2) is 0 Å². The molecule has 0 radical (unpaired) electrons. The molecule has 4 nitrogen and oxygen atoms in total. The average Bonchev–Trinajstić information content (AvgIpc) is 2.46. The van der Waals surface area contributed by atoms with Crippen LogP contribution in [0.2, 0.25) is 0 Å². The molecule has 1 aromatic carbocycles. The van der Waals surface area contributed by atoms with Gasteiger partial charge in [-0.2, -0.15) is 13.2 Å². The standard InChI is InChI=1S/C14H17F3N2O2.ClH/c15-14(16,17)9-21-11-6-4-10(5-7-11)19-13(20)12-3-1-2-8-18-12;/h4-7,12,18H,1-3,8-9H2,(H,19,20);1H/t12-;/m1./s1. The van der Waals surface area contributed by atoms with E-state index >= 15 is 0 Å². The lowest BCUT2D eigenvalue weighted by Crippen LogP contribution is -2.43. The second kappa shape index (κ2) is 8.24. The van der Waals surface area contributed by atoms with Gasteiger partial charge >= 0.3 is 6.18 Å². The summed E-state index contributed by atoms with van der Waals surface area (Å²) in [6.45, 7) is -0.507. The molecule has 1 heterocycles. The molecule has 0 unspecified atom stereocenters. The summed E-state index contributed by atoms with van der Waals surface area (Å²) in [5, 5.41) is 5.86. The van der Waals surface area contributed by atoms with Crippen LogP contribution in [-0.2, 0) is 4.79 Å². The van der Waals surface area contributed by atoms with E-state index < -0.39 is 12.8 Å². The van der Waals surface area contributed by atoms with Crippen molar-refractivity contribution in [2.75, 3.05) is 18.5 Å². The highest BCUT2D eigenvalue weighted by molar-refractivity contribution is 5.94. The molecule has 0 saturated carbocycles. The minimum absolute atomic E-state index is 0. The van der Waals surface area contributed by atoms with Gasteiger partial charge in [-0.3, -0.25) is 4.79 Å². The molecule has 22 heavy (non-hydrogen) atoms. The van der Waals surface area contributed by atoms with E-state index in [1.54, 1.807) is 0 Å². The number of hydrogen-bond acceptors (Lipinski definition) is 3. The third kappa shape index (κ3) is 6.11. The zero-order chi connectivity index (χ0) is 15.3. The van der Waals surface area contributed by atoms with Gasteiger partial charge in [-0.1, -0.05) is 6.42 Å². The number of carbonyl (C=O) groups is 1. The van der Waals surface area contributed by atoms with Crippen molar-refractivity contribution in [3.63, 3.8) is 0 Å². The van der Waals surface area contributed by atoms with Crippen LogP contribution in [0, 0.1) is 0 Å². The van der Waals surface area contributed by atoms with Crippen molar-refractivity contribution >= 4 is 24.0 Å². The van der Waals surface area contributed by atoms with Crippen LogP contribution in [0.1, 0.15) is 19.3 Å². The molecule has 1 amide bonds. The highest BCUT2D eigenvalue weighted by atomic mass is 35.5. The smallest absolute Gasteiger partial charge is 0.422 e. The average molecular weight is 339 g/mol. The normalized spacial score (nSPS) is 18.2. The number of piperidine rings is 1. The van der Waals surface area contributed by atoms with Crippen LogP contribution in [0.25, 0.3) is 0 Å². The number of rotatable bonds is 4. The van der Waals surface area contributed by atoms with Crippen molar-refractivity contribution in [3.8, 4) is 5.75 Å². The zero-order valence-electron chi connectivity index (χ0n) is 11.8. The second-order valence-corrected chi connectivity index (χ2v) is 4.92. The Hall–Kier alpha value is -1.47. The number of benzene rings is 1. The molecule has 0 aromatic heterocycles. The van der Waals surface area contributed by atoms with E-state index in [2.05, 4.69) is 15.4 Å². The van der Waals surface area contributed by atoms with E-state index in [0.717, 1.165) is 25.8 Å². The molecule has 8 heteroatoms. The van der Waals surface area contributed by atoms with Gasteiger partial charge in [0.05, 0.1) is 6.04 Å². The predicted octanol–water partition coefficient (Wildman–Crippen LogP) is 3.13. The molecule has 1 saturated heterocycles. The van der Waals surface area contributed by atoms with Gasteiger partial charge < -0.3 is 15.4 Å². The molecule has 1 fully saturated rings. The lowest BCUT2D eigenvalue weighted by Gasteiger charge is -2.22. The van der Waals surface area contributed by atoms with Crippen molar-refractivity contribution in [3.05, 3.63) is 24.3 Å². The van der Waals surface area contributed by atoms with Crippen molar-refractivity contribution in [2.45, 2.75) is 31.5 Å². The van der Waals surface area contributed by atoms with Gasteiger partial charge in [-0.15, -0.1) is 12.4 Å². The molecular weight excluding hydrogens is 321 g/mol. The van der Waals surface area contributed by atoms with Gasteiger partial charge in [0.25, 0.3) is 0 Å². The first-order valence-electron chi connectivity index (χ1n) is 6.78. The second-order valence-electron chi connectivity index (χ2n) is 4.92. The maximum atomic E-state index is 12.0. The Kier molecular flexibility index (Phi) is 6.96. The molecule has 1 aliphatic heterocycles. The van der Waals surface area contributed by atoms with Crippen LogP contribution < -0.4 is 15.4 Å². The Morgan fingerprint density at radius 2 is 1.95 bits per heavy atom. The van der Waals surface area contributed by atoms with Crippen molar-refractivity contribution in [2.24, 2.45) is 0 Å². The van der Waals surface area contributed by atoms with Crippen LogP contribution in [0.4, 0.5) is 18.9 Å². The van der Waals surface area contributed by atoms with Crippen LogP contribution >= 0.6 is 12.4 Å². The summed E-state index contributed by atoms with van der Waals surface area (Å²) in [6, 6.07) is 5.63. The van der Waals surface area contributed by atoms with Crippen molar-refractivity contribution in [1.29, 1.82) is 0 Å². The van der Waals surface area contributed by atoms with Crippen molar-refractivity contribution in [1.82, 2.24) is 5.32 Å². The fourth-order valence-electron chi connectivity index (χ4n) is 2.10. The number of hydrogen-bond donors (Lipinski definition) is 2. The van der Waals surface area contributed by atoms with Crippen LogP contribution in [0.3, 0.4) is 0 Å². The number of carbonyl (C=O) groups excluding carboxylic acids is 1. The molecule has 0 spiro atoms. The maximum Gasteiger partial charge on any atom is 0.422 e. The molecule has 2 N–H and O–H groups in total. The fraction of sp³-hybridized carbons (Fsp3) is 0.500. The zero-order valence-corrected chi connectivity index (χ0v) is 12.6. The van der Waals surface area contributed by atoms with Gasteiger partial charge in [0.2, 0.25) is 5.91 Å². The first kappa shape index (κ1) is 18.6. The van der Waals surface area contributed by atoms with Crippen LogP contribution in [0.5, 0.6) is 5.75 Å². The molecule has 1 aromatic rings. The minimum Gasteiger partial charge on any atom is -0.484 e. The SMILES string of the molecule is Cl.O=C(Nc1ccc(OCC(F)(F)F)cc1)[C@H]1CCCCN1. The van der Waals surface area contributed by atoms with E-state index in [4.69, 9.17) is 0 Å². The highest BCUT2D eigenvalue weighted by Gasteiger charge is 2.28. The first-order chi connectivity index (χ1) is 9.94. The Bertz CT molecular complexity index is 474. The Balaban J connectivity index is 0.00000242. The summed E-state index contributed by atoms with van der Waals surface area (Å²) < 4.78 is 40.6. The summed E-state index contributed by atoms with van der Waals surface area (Å²) in [5.41, 5.74) is 0.534. The third-order valence-corrected chi connectivity index (χ3v) is 3.15. The molecule has 1 aliphatic rings. The van der Waals surface area contributed by atoms with Gasteiger partial charge in [0.15, 0.2) is 6.61 Å². The van der Waals surface area contributed by atoms with E-state index in [1.165, 1.54) is 24.3 Å². The predicted molar refractivity (Wildman–Crippen MR) is 79.5 cm³/mol. The topological polar surface area (TPSA) is 50.4 Å². The van der Waals surface area contributed by atoms with E-state index in [-0.39, 0.29) is 30.1 Å². The summed E-state index contributed by atoms with van der Waals surface area (Å²) in [7, 11) is 0. The number of alkyl halides is 3. The largest absolute Gasteiger partial charge is 0.484 e. The summed E-state index contributed by atoms with van der Waals surface area (Å²) in [6.07, 6.45) is -1.50. The molecule has 0 bridgehead atoms. The van der Waals surface area contributed by atoms with Gasteiger partial charge in [-0.05, 0) is 43.7 Å². The molecule has 0 aliphatic carbocycles. The Morgan fingerprint density at radius 1 is 1.27 bits per heavy atom. The summed E-state index contributed by atoms with van der Waals surface area (Å²) in [4.78, 5) is 12.0. The monoisotopic (exact) mass is 338 g/mol. The molecule has 2 rings (SSSR count). The molecular formula is C14H18ClF3N2O2. The number of ether oxygens (including phenoxy) is 1. The third-order valence-electron chi connectivity index (χ3n) is 3.15. The quantitative estimate of drug-likeness (QED) is 0.887. The lowest BCUT2D eigenvalue weighted by atomic mass is 10.0. The maximum absolute atomic E-state index is 12.0. The Morgan fingerprint density at radius 3 is 2.50 bits per heavy atom. The molecule has 1 atom stereocenters. The van der Waals surface area contributed by atoms with E-state index in [0.29, 0.717) is 5.69 Å². The van der Waals surface area contributed by atoms with Crippen LogP contribution in [-0.4, -0.2) is 31.3 Å². The van der Waals surface area contributed by atoms with Crippen LogP contribution in [0.15, 0.2) is 24.3 Å². The lowest BCUT2D eigenvalue weighted by molar-refractivity contribution is -0.153. The van der Waals surface area contributed by atoms with Crippen molar-refractivity contribution < 1.29 is 22.7 Å². The van der Waals surface area contributed by atoms with Gasteiger partial charge in [0.1, 0.15) is 5.75 Å². The number of halogens is 4. The number of nitrogens with one attached hydrogen (secondary N) is 2. The minimum atomic E-state index is -4.36. The fourth-order valence-corrected chi connectivity index (χ4v) is 2.10. The Labute approximate surface area is 132 Å². The number of amides is 1.